The van der Waals surface area contributed by atoms with Gasteiger partial charge in [0.25, 0.3) is 0 Å². The lowest BCUT2D eigenvalue weighted by atomic mass is 9.91. The number of nitrogens with zero attached hydrogens (tertiary/aromatic N) is 2. The van der Waals surface area contributed by atoms with Gasteiger partial charge < -0.3 is 20.1 Å². The summed E-state index contributed by atoms with van der Waals surface area (Å²) in [6.07, 6.45) is 7.24. The van der Waals surface area contributed by atoms with Crippen molar-refractivity contribution in [3.63, 3.8) is 0 Å². The highest BCUT2D eigenvalue weighted by Gasteiger charge is 2.49. The van der Waals surface area contributed by atoms with Crippen LogP contribution in [0.3, 0.4) is 0 Å². The molecule has 2 atom stereocenters. The normalized spacial score (nSPS) is 28.3. The molecule has 0 bridgehead atoms. The van der Waals surface area contributed by atoms with Crippen LogP contribution in [0.5, 0.6) is 5.75 Å². The Morgan fingerprint density at radius 3 is 2.61 bits per heavy atom. The van der Waals surface area contributed by atoms with Crippen LogP contribution >= 0.6 is 0 Å². The molecule has 2 saturated heterocycles. The zero-order valence-electron chi connectivity index (χ0n) is 18.1. The van der Waals surface area contributed by atoms with Gasteiger partial charge in [-0.2, -0.15) is 0 Å². The maximum atomic E-state index is 13.6. The zero-order valence-corrected chi connectivity index (χ0v) is 18.1. The van der Waals surface area contributed by atoms with Gasteiger partial charge in [0, 0.05) is 31.1 Å². The molecule has 1 aromatic carbocycles. The molecule has 4 aliphatic rings. The van der Waals surface area contributed by atoms with Crippen molar-refractivity contribution in [1.82, 2.24) is 9.80 Å². The average molecular weight is 428 g/mol. The van der Waals surface area contributed by atoms with Gasteiger partial charge in [-0.15, -0.1) is 0 Å². The number of ether oxygens (including phenoxy) is 1. The first-order chi connectivity index (χ1) is 15.0. The van der Waals surface area contributed by atoms with E-state index in [0.29, 0.717) is 31.7 Å². The summed E-state index contributed by atoms with van der Waals surface area (Å²) in [6, 6.07) is 5.73. The van der Waals surface area contributed by atoms with E-state index in [0.717, 1.165) is 56.4 Å². The highest BCUT2D eigenvalue weighted by Crippen LogP contribution is 2.39. The quantitative estimate of drug-likeness (QED) is 0.771. The number of hydrogen-bond donors (Lipinski definition) is 2. The molecule has 7 nitrogen and oxygen atoms in total. The number of nitrogens with one attached hydrogen (secondary N) is 1. The first kappa shape index (κ1) is 20.8. The summed E-state index contributed by atoms with van der Waals surface area (Å²) in [6.45, 7) is 2.96. The number of piperidine rings is 1. The van der Waals surface area contributed by atoms with E-state index in [4.69, 9.17) is 4.74 Å². The van der Waals surface area contributed by atoms with E-state index in [1.165, 1.54) is 12.8 Å². The number of rotatable bonds is 4. The standard InChI is InChI=1S/C24H33N3O4/c28-20-16-26(23(30)24(10-1-2-11-24)27-12-3-4-13-27)14-9-21(20)31-18-7-5-17-6-8-22(29)25-19(17)15-18/h5,7,15,20-21,28H,1-4,6,8-14,16H2,(H,25,29)/t20-,21-/m1/s1. The third kappa shape index (κ3) is 3.94. The third-order valence-corrected chi connectivity index (χ3v) is 7.61. The predicted octanol–water partition coefficient (Wildman–Crippen LogP) is 2.32. The molecule has 2 N–H and O–H groups in total. The maximum absolute atomic E-state index is 13.6. The Kier molecular flexibility index (Phi) is 5.65. The van der Waals surface area contributed by atoms with E-state index in [2.05, 4.69) is 10.2 Å². The summed E-state index contributed by atoms with van der Waals surface area (Å²) >= 11 is 0. The van der Waals surface area contributed by atoms with Crippen molar-refractivity contribution in [1.29, 1.82) is 0 Å². The Bertz CT molecular complexity index is 845. The summed E-state index contributed by atoms with van der Waals surface area (Å²) in [4.78, 5) is 29.6. The number of amides is 2. The lowest BCUT2D eigenvalue weighted by Crippen LogP contribution is -2.61. The number of fused-ring (bicyclic) bond motifs is 1. The fourth-order valence-corrected chi connectivity index (χ4v) is 5.90. The molecule has 2 amide bonds. The smallest absolute Gasteiger partial charge is 0.243 e. The molecule has 0 unspecified atom stereocenters. The molecule has 3 fully saturated rings. The van der Waals surface area contributed by atoms with Gasteiger partial charge in [-0.1, -0.05) is 18.9 Å². The van der Waals surface area contributed by atoms with E-state index in [1.54, 1.807) is 0 Å². The molecule has 5 rings (SSSR count). The van der Waals surface area contributed by atoms with Crippen molar-refractivity contribution in [2.24, 2.45) is 0 Å². The number of carbonyl (C=O) groups is 2. The van der Waals surface area contributed by atoms with Gasteiger partial charge in [0.15, 0.2) is 0 Å². The monoisotopic (exact) mass is 427 g/mol. The number of likely N-dealkylation sites (tertiary alicyclic amines) is 2. The molecule has 0 radical (unpaired) electrons. The Balaban J connectivity index is 1.24. The molecular weight excluding hydrogens is 394 g/mol. The Hall–Kier alpha value is -2.12. The fraction of sp³-hybridized carbons (Fsp3) is 0.667. The van der Waals surface area contributed by atoms with Crippen LogP contribution in [0.25, 0.3) is 0 Å². The van der Waals surface area contributed by atoms with Crippen molar-refractivity contribution in [2.45, 2.75) is 75.5 Å². The van der Waals surface area contributed by atoms with Crippen LogP contribution in [0.4, 0.5) is 5.69 Å². The first-order valence-corrected chi connectivity index (χ1v) is 11.9. The van der Waals surface area contributed by atoms with E-state index in [1.807, 2.05) is 23.1 Å². The summed E-state index contributed by atoms with van der Waals surface area (Å²) in [7, 11) is 0. The van der Waals surface area contributed by atoms with Crippen molar-refractivity contribution >= 4 is 17.5 Å². The number of benzene rings is 1. The minimum atomic E-state index is -0.722. The lowest BCUT2D eigenvalue weighted by Gasteiger charge is -2.44. The maximum Gasteiger partial charge on any atom is 0.243 e. The molecule has 1 aliphatic carbocycles. The van der Waals surface area contributed by atoms with E-state index in [-0.39, 0.29) is 23.5 Å². The number of β-amino-alcohol motifs (C(OH)–C–C–N with tert-alkyl or cyclic N) is 1. The summed E-state index contributed by atoms with van der Waals surface area (Å²) in [5.74, 6) is 0.880. The summed E-state index contributed by atoms with van der Waals surface area (Å²) < 4.78 is 6.10. The molecule has 7 heteroatoms. The van der Waals surface area contributed by atoms with Crippen LogP contribution < -0.4 is 10.1 Å². The molecule has 3 aliphatic heterocycles. The van der Waals surface area contributed by atoms with Crippen molar-refractivity contribution < 1.29 is 19.4 Å². The van der Waals surface area contributed by atoms with Crippen LogP contribution in [0.15, 0.2) is 18.2 Å². The minimum Gasteiger partial charge on any atom is -0.488 e. The number of anilines is 1. The molecule has 31 heavy (non-hydrogen) atoms. The second-order valence-electron chi connectivity index (χ2n) is 9.56. The average Bonchev–Trinajstić information content (AvgIpc) is 3.47. The van der Waals surface area contributed by atoms with Gasteiger partial charge in [0.05, 0.1) is 6.54 Å². The SMILES string of the molecule is O=C1CCc2ccc(O[C@@H]3CCN(C(=O)C4(N5CCCC5)CCCC4)C[C@H]3O)cc2N1. The van der Waals surface area contributed by atoms with Gasteiger partial charge >= 0.3 is 0 Å². The van der Waals surface area contributed by atoms with Crippen LogP contribution in [-0.2, 0) is 16.0 Å². The summed E-state index contributed by atoms with van der Waals surface area (Å²) in [5, 5.41) is 13.7. The molecule has 1 aromatic rings. The van der Waals surface area contributed by atoms with Gasteiger partial charge in [0.1, 0.15) is 23.5 Å². The molecule has 168 valence electrons. The molecule has 0 spiro atoms. The topological polar surface area (TPSA) is 82.1 Å². The highest BCUT2D eigenvalue weighted by atomic mass is 16.5. The molecular formula is C24H33N3O4. The van der Waals surface area contributed by atoms with Gasteiger partial charge in [-0.25, -0.2) is 0 Å². The molecule has 1 saturated carbocycles. The number of hydrogen-bond acceptors (Lipinski definition) is 5. The summed E-state index contributed by atoms with van der Waals surface area (Å²) in [5.41, 5.74) is 1.56. The van der Waals surface area contributed by atoms with Crippen LogP contribution in [0.1, 0.15) is 56.9 Å². The Morgan fingerprint density at radius 1 is 1.10 bits per heavy atom. The number of aliphatic hydroxyl groups excluding tert-OH is 1. The highest BCUT2D eigenvalue weighted by molar-refractivity contribution is 5.94. The van der Waals surface area contributed by atoms with E-state index >= 15 is 0 Å². The number of aliphatic hydroxyl groups is 1. The van der Waals surface area contributed by atoms with Crippen molar-refractivity contribution in [3.8, 4) is 5.75 Å². The Labute approximate surface area is 183 Å². The van der Waals surface area contributed by atoms with Gasteiger partial charge in [-0.05, 0) is 56.8 Å². The van der Waals surface area contributed by atoms with Crippen LogP contribution in [0.2, 0.25) is 0 Å². The van der Waals surface area contributed by atoms with Crippen LogP contribution in [-0.4, -0.2) is 70.6 Å². The first-order valence-electron chi connectivity index (χ1n) is 11.9. The van der Waals surface area contributed by atoms with Gasteiger partial charge in [0.2, 0.25) is 11.8 Å². The van der Waals surface area contributed by atoms with Crippen LogP contribution in [0, 0.1) is 0 Å². The molecule has 3 heterocycles. The predicted molar refractivity (Wildman–Crippen MR) is 117 cm³/mol. The second kappa shape index (κ2) is 8.43. The van der Waals surface area contributed by atoms with E-state index < -0.39 is 6.10 Å². The zero-order chi connectivity index (χ0) is 21.4. The third-order valence-electron chi connectivity index (χ3n) is 7.61. The lowest BCUT2D eigenvalue weighted by molar-refractivity contribution is -0.149. The molecule has 0 aromatic heterocycles. The fourth-order valence-electron chi connectivity index (χ4n) is 5.90. The largest absolute Gasteiger partial charge is 0.488 e. The van der Waals surface area contributed by atoms with Crippen molar-refractivity contribution in [3.05, 3.63) is 23.8 Å². The van der Waals surface area contributed by atoms with Gasteiger partial charge in [-0.3, -0.25) is 14.5 Å². The van der Waals surface area contributed by atoms with Crippen molar-refractivity contribution in [2.75, 3.05) is 31.5 Å². The second-order valence-corrected chi connectivity index (χ2v) is 9.56. The Morgan fingerprint density at radius 2 is 1.87 bits per heavy atom. The number of aryl methyl sites for hydroxylation is 1. The van der Waals surface area contributed by atoms with E-state index in [9.17, 15) is 14.7 Å². The number of carbonyl (C=O) groups excluding carboxylic acids is 2. The minimum absolute atomic E-state index is 0.0235.